The molecule has 4 heteroatoms. The Morgan fingerprint density at radius 3 is 1.13 bits per heavy atom. The molecule has 0 radical (unpaired) electrons. The van der Waals surface area contributed by atoms with E-state index < -0.39 is 0 Å². The van der Waals surface area contributed by atoms with Crippen LogP contribution >= 0.6 is 0 Å². The largest absolute Gasteiger partial charge is 0.456 e. The third-order valence-electron chi connectivity index (χ3n) is 11.4. The molecule has 9 aromatic carbocycles. The molecule has 0 aliphatic carbocycles. The fraction of sp³-hybridized carbons (Fsp3) is 0. The van der Waals surface area contributed by atoms with Gasteiger partial charge in [0.1, 0.15) is 11.2 Å². The molecule has 0 spiro atoms. The highest BCUT2D eigenvalue weighted by Gasteiger charge is 2.16. The maximum absolute atomic E-state index is 6.15. The quantitative estimate of drug-likeness (QED) is 0.154. The van der Waals surface area contributed by atoms with E-state index in [4.69, 9.17) is 19.4 Å². The summed E-state index contributed by atoms with van der Waals surface area (Å²) in [5.41, 5.74) is 16.0. The third kappa shape index (κ3) is 7.07. The summed E-state index contributed by atoms with van der Waals surface area (Å²) < 4.78 is 6.15. The van der Waals surface area contributed by atoms with Gasteiger partial charge in [0, 0.05) is 27.5 Å². The predicted molar refractivity (Wildman–Crippen MR) is 251 cm³/mol. The van der Waals surface area contributed by atoms with Crippen molar-refractivity contribution < 1.29 is 4.42 Å². The molecule has 0 aliphatic rings. The monoisotopic (exact) mass is 779 g/mol. The molecule has 11 rings (SSSR count). The summed E-state index contributed by atoms with van der Waals surface area (Å²) in [6, 6.07) is 78.2. The molecule has 2 aromatic heterocycles. The van der Waals surface area contributed by atoms with Crippen molar-refractivity contribution in [2.45, 2.75) is 0 Å². The third-order valence-corrected chi connectivity index (χ3v) is 11.4. The van der Waals surface area contributed by atoms with Gasteiger partial charge < -0.3 is 4.42 Å². The zero-order valence-electron chi connectivity index (χ0n) is 33.1. The summed E-state index contributed by atoms with van der Waals surface area (Å²) in [5.74, 6) is 1.88. The highest BCUT2D eigenvalue weighted by molar-refractivity contribution is 6.05. The first-order valence-electron chi connectivity index (χ1n) is 20.5. The number of aromatic nitrogens is 3. The molecule has 0 atom stereocenters. The summed E-state index contributed by atoms with van der Waals surface area (Å²) in [6.07, 6.45) is 0. The van der Waals surface area contributed by atoms with Crippen LogP contribution in [0, 0.1) is 0 Å². The number of benzene rings is 9. The topological polar surface area (TPSA) is 51.8 Å². The van der Waals surface area contributed by atoms with Gasteiger partial charge in [-0.2, -0.15) is 0 Å². The molecule has 286 valence electrons. The number of hydrogen-bond acceptors (Lipinski definition) is 4. The first kappa shape index (κ1) is 35.9. The van der Waals surface area contributed by atoms with Crippen molar-refractivity contribution in [1.29, 1.82) is 0 Å². The van der Waals surface area contributed by atoms with Crippen molar-refractivity contribution in [3.8, 4) is 89.8 Å². The zero-order chi connectivity index (χ0) is 40.5. The van der Waals surface area contributed by atoms with Gasteiger partial charge in [0.15, 0.2) is 17.5 Å². The van der Waals surface area contributed by atoms with E-state index in [0.717, 1.165) is 83.1 Å². The molecule has 61 heavy (non-hydrogen) atoms. The van der Waals surface area contributed by atoms with E-state index in [-0.39, 0.29) is 0 Å². The zero-order valence-corrected chi connectivity index (χ0v) is 33.1. The fourth-order valence-electron chi connectivity index (χ4n) is 8.17. The Hall–Kier alpha value is -8.21. The molecule has 0 unspecified atom stereocenters. The SMILES string of the molecule is c1ccc(-c2ccc(-c3nc(-c4ccc(-c5ccc(-c6ccc(-c7ccc8c(c7)oc7ccccc78)cc6)cc5)cc4)nc(-c4ccccc4-c4ccccc4)n3)cc2)cc1. The van der Waals surface area contributed by atoms with Crippen LogP contribution in [-0.2, 0) is 0 Å². The molecule has 0 aliphatic heterocycles. The van der Waals surface area contributed by atoms with Gasteiger partial charge in [-0.1, -0.05) is 206 Å². The van der Waals surface area contributed by atoms with Crippen LogP contribution in [0.1, 0.15) is 0 Å². The highest BCUT2D eigenvalue weighted by atomic mass is 16.3. The van der Waals surface area contributed by atoms with Gasteiger partial charge in [0.2, 0.25) is 0 Å². The van der Waals surface area contributed by atoms with Crippen LogP contribution in [0.5, 0.6) is 0 Å². The van der Waals surface area contributed by atoms with Gasteiger partial charge in [-0.05, 0) is 73.8 Å². The Bertz CT molecular complexity index is 3300. The standard InChI is InChI=1S/C57H37N3O/c1-3-11-38(12-4-1)39-27-31-46(32-28-39)55-58-56(60-57(59-55)52-17-8-7-15-49(52)45-13-5-2-6-14-45)47-33-29-43(30-34-47)41-21-19-40(20-22-41)42-23-25-44(26-24-42)48-35-36-51-50-16-9-10-18-53(50)61-54(51)37-48/h1-37H. The molecular formula is C57H37N3O. The van der Waals surface area contributed by atoms with Gasteiger partial charge in [0.05, 0.1) is 0 Å². The summed E-state index contributed by atoms with van der Waals surface area (Å²) in [5, 5.41) is 2.29. The summed E-state index contributed by atoms with van der Waals surface area (Å²) in [6.45, 7) is 0. The average molecular weight is 780 g/mol. The number of nitrogens with zero attached hydrogens (tertiary/aromatic N) is 3. The normalized spacial score (nSPS) is 11.3. The second-order valence-corrected chi connectivity index (χ2v) is 15.2. The molecule has 2 heterocycles. The molecule has 11 aromatic rings. The van der Waals surface area contributed by atoms with E-state index in [2.05, 4.69) is 194 Å². The molecule has 0 saturated heterocycles. The molecule has 0 fully saturated rings. The van der Waals surface area contributed by atoms with Crippen molar-refractivity contribution in [2.75, 3.05) is 0 Å². The number of fused-ring (bicyclic) bond motifs is 3. The minimum absolute atomic E-state index is 0.623. The number of furan rings is 1. The second-order valence-electron chi connectivity index (χ2n) is 15.2. The van der Waals surface area contributed by atoms with Crippen LogP contribution in [0.3, 0.4) is 0 Å². The lowest BCUT2D eigenvalue weighted by molar-refractivity contribution is 0.669. The molecule has 0 N–H and O–H groups in total. The lowest BCUT2D eigenvalue weighted by Gasteiger charge is -2.12. The average Bonchev–Trinajstić information content (AvgIpc) is 3.73. The Morgan fingerprint density at radius 1 is 0.230 bits per heavy atom. The number of para-hydroxylation sites is 1. The fourth-order valence-corrected chi connectivity index (χ4v) is 8.17. The van der Waals surface area contributed by atoms with E-state index in [0.29, 0.717) is 17.5 Å². The van der Waals surface area contributed by atoms with E-state index in [1.54, 1.807) is 0 Å². The van der Waals surface area contributed by atoms with Gasteiger partial charge in [0.25, 0.3) is 0 Å². The Morgan fingerprint density at radius 2 is 0.590 bits per heavy atom. The maximum Gasteiger partial charge on any atom is 0.164 e. The number of rotatable bonds is 8. The minimum atomic E-state index is 0.623. The molecule has 0 amide bonds. The van der Waals surface area contributed by atoms with Crippen molar-refractivity contribution in [3.63, 3.8) is 0 Å². The number of hydrogen-bond donors (Lipinski definition) is 0. The Balaban J connectivity index is 0.880. The van der Waals surface area contributed by atoms with Crippen LogP contribution < -0.4 is 0 Å². The summed E-state index contributed by atoms with van der Waals surface area (Å²) in [7, 11) is 0. The minimum Gasteiger partial charge on any atom is -0.456 e. The lowest BCUT2D eigenvalue weighted by atomic mass is 9.97. The van der Waals surface area contributed by atoms with Gasteiger partial charge in [-0.25, -0.2) is 15.0 Å². The molecule has 0 bridgehead atoms. The van der Waals surface area contributed by atoms with Crippen LogP contribution in [-0.4, -0.2) is 15.0 Å². The van der Waals surface area contributed by atoms with E-state index in [9.17, 15) is 0 Å². The first-order chi connectivity index (χ1) is 30.2. The van der Waals surface area contributed by atoms with Crippen molar-refractivity contribution in [3.05, 3.63) is 224 Å². The van der Waals surface area contributed by atoms with E-state index in [1.807, 2.05) is 30.3 Å². The second kappa shape index (κ2) is 15.5. The molecule has 0 saturated carbocycles. The van der Waals surface area contributed by atoms with E-state index >= 15 is 0 Å². The van der Waals surface area contributed by atoms with Crippen molar-refractivity contribution >= 4 is 21.9 Å². The van der Waals surface area contributed by atoms with Crippen LogP contribution in [0.2, 0.25) is 0 Å². The summed E-state index contributed by atoms with van der Waals surface area (Å²) in [4.78, 5) is 15.3. The van der Waals surface area contributed by atoms with Gasteiger partial charge in [-0.3, -0.25) is 0 Å². The first-order valence-corrected chi connectivity index (χ1v) is 20.5. The molecular weight excluding hydrogens is 743 g/mol. The molecule has 4 nitrogen and oxygen atoms in total. The van der Waals surface area contributed by atoms with Gasteiger partial charge >= 0.3 is 0 Å². The smallest absolute Gasteiger partial charge is 0.164 e. The van der Waals surface area contributed by atoms with Gasteiger partial charge in [-0.15, -0.1) is 0 Å². The maximum atomic E-state index is 6.15. The predicted octanol–water partition coefficient (Wildman–Crippen LogP) is 15.1. The lowest BCUT2D eigenvalue weighted by Crippen LogP contribution is -2.01. The van der Waals surface area contributed by atoms with Crippen LogP contribution in [0.4, 0.5) is 0 Å². The van der Waals surface area contributed by atoms with E-state index in [1.165, 1.54) is 11.1 Å². The van der Waals surface area contributed by atoms with Crippen LogP contribution in [0.25, 0.3) is 112 Å². The Labute approximate surface area is 354 Å². The van der Waals surface area contributed by atoms with Crippen LogP contribution in [0.15, 0.2) is 229 Å². The Kier molecular flexibility index (Phi) is 9.14. The van der Waals surface area contributed by atoms with Crippen molar-refractivity contribution in [2.24, 2.45) is 0 Å². The summed E-state index contributed by atoms with van der Waals surface area (Å²) >= 11 is 0. The highest BCUT2D eigenvalue weighted by Crippen LogP contribution is 2.36. The van der Waals surface area contributed by atoms with Crippen molar-refractivity contribution in [1.82, 2.24) is 15.0 Å².